The highest BCUT2D eigenvalue weighted by Crippen LogP contribution is 2.27. The van der Waals surface area contributed by atoms with Gasteiger partial charge in [0.15, 0.2) is 0 Å². The van der Waals surface area contributed by atoms with E-state index in [0.29, 0.717) is 12.2 Å². The molecule has 0 aliphatic carbocycles. The average Bonchev–Trinajstić information content (AvgIpc) is 2.46. The smallest absolute Gasteiger partial charge is 0.333 e. The number of esters is 1. The van der Waals surface area contributed by atoms with Gasteiger partial charge in [-0.1, -0.05) is 32.9 Å². The van der Waals surface area contributed by atoms with Crippen molar-refractivity contribution in [3.8, 4) is 5.75 Å². The maximum Gasteiger partial charge on any atom is 0.333 e. The second-order valence-corrected chi connectivity index (χ2v) is 5.45. The lowest BCUT2D eigenvalue weighted by Gasteiger charge is -2.23. The van der Waals surface area contributed by atoms with E-state index in [1.165, 1.54) is 12.7 Å². The van der Waals surface area contributed by atoms with Gasteiger partial charge in [0, 0.05) is 5.57 Å². The molecule has 1 aromatic rings. The van der Waals surface area contributed by atoms with Crippen LogP contribution in [0.5, 0.6) is 5.75 Å². The van der Waals surface area contributed by atoms with Crippen LogP contribution in [0.15, 0.2) is 35.9 Å². The number of benzene rings is 1. The molecule has 20 heavy (non-hydrogen) atoms. The molecule has 1 rings (SSSR count). The fraction of sp³-hybridized carbons (Fsp3) is 0.471. The largest absolute Gasteiger partial charge is 0.490 e. The van der Waals surface area contributed by atoms with Gasteiger partial charge in [0.1, 0.15) is 12.4 Å². The van der Waals surface area contributed by atoms with Crippen molar-refractivity contribution >= 4 is 5.97 Å². The minimum Gasteiger partial charge on any atom is -0.490 e. The van der Waals surface area contributed by atoms with Gasteiger partial charge >= 0.3 is 5.97 Å². The fourth-order valence-electron chi connectivity index (χ4n) is 1.71. The van der Waals surface area contributed by atoms with Crippen molar-refractivity contribution in [2.45, 2.75) is 39.5 Å². The molecule has 0 aliphatic heterocycles. The fourth-order valence-corrected chi connectivity index (χ4v) is 1.71. The van der Waals surface area contributed by atoms with Crippen molar-refractivity contribution in [1.82, 2.24) is 0 Å². The third-order valence-electron chi connectivity index (χ3n) is 3.67. The zero-order chi connectivity index (χ0) is 15.2. The predicted octanol–water partition coefficient (Wildman–Crippen LogP) is 3.87. The Kier molecular flexibility index (Phi) is 5.81. The molecule has 0 radical (unpaired) electrons. The molecular formula is C17H24O3. The molecule has 0 saturated heterocycles. The lowest BCUT2D eigenvalue weighted by Crippen LogP contribution is -2.15. The Balaban J connectivity index is 2.61. The van der Waals surface area contributed by atoms with Gasteiger partial charge in [-0.25, -0.2) is 4.79 Å². The zero-order valence-corrected chi connectivity index (χ0v) is 13.0. The molecule has 1 aromatic carbocycles. The van der Waals surface area contributed by atoms with Gasteiger partial charge in [0.25, 0.3) is 0 Å². The summed E-state index contributed by atoms with van der Waals surface area (Å²) in [4.78, 5) is 11.2. The molecular weight excluding hydrogens is 252 g/mol. The highest BCUT2D eigenvalue weighted by atomic mass is 16.5. The van der Waals surface area contributed by atoms with Gasteiger partial charge in [-0.2, -0.15) is 0 Å². The SMILES string of the molecule is CCC(C)(C)c1ccc(OCC=C(C)C(=O)OC)cc1. The average molecular weight is 276 g/mol. The quantitative estimate of drug-likeness (QED) is 0.584. The second kappa shape index (κ2) is 7.13. The lowest BCUT2D eigenvalue weighted by molar-refractivity contribution is -0.136. The molecule has 0 spiro atoms. The third-order valence-corrected chi connectivity index (χ3v) is 3.67. The van der Waals surface area contributed by atoms with E-state index in [4.69, 9.17) is 4.74 Å². The summed E-state index contributed by atoms with van der Waals surface area (Å²) >= 11 is 0. The Labute approximate surface area is 121 Å². The monoisotopic (exact) mass is 276 g/mol. The van der Waals surface area contributed by atoms with Crippen LogP contribution >= 0.6 is 0 Å². The van der Waals surface area contributed by atoms with Gasteiger partial charge in [0.2, 0.25) is 0 Å². The number of rotatable bonds is 6. The summed E-state index contributed by atoms with van der Waals surface area (Å²) < 4.78 is 10.2. The van der Waals surface area contributed by atoms with Crippen molar-refractivity contribution in [2.24, 2.45) is 0 Å². The highest BCUT2D eigenvalue weighted by molar-refractivity contribution is 5.87. The van der Waals surface area contributed by atoms with Crippen LogP contribution in [0, 0.1) is 0 Å². The molecule has 0 atom stereocenters. The molecule has 0 amide bonds. The Morgan fingerprint density at radius 1 is 1.25 bits per heavy atom. The Bertz CT molecular complexity index is 470. The van der Waals surface area contributed by atoms with Crippen LogP contribution in [0.2, 0.25) is 0 Å². The number of methoxy groups -OCH3 is 1. The van der Waals surface area contributed by atoms with Crippen molar-refractivity contribution in [3.63, 3.8) is 0 Å². The van der Waals surface area contributed by atoms with E-state index in [-0.39, 0.29) is 11.4 Å². The first-order valence-corrected chi connectivity index (χ1v) is 6.89. The summed E-state index contributed by atoms with van der Waals surface area (Å²) in [5.74, 6) is 0.475. The molecule has 0 heterocycles. The Morgan fingerprint density at radius 3 is 2.35 bits per heavy atom. The molecule has 0 saturated carbocycles. The molecule has 0 fully saturated rings. The van der Waals surface area contributed by atoms with Gasteiger partial charge < -0.3 is 9.47 Å². The predicted molar refractivity (Wildman–Crippen MR) is 81.0 cm³/mol. The Morgan fingerprint density at radius 2 is 1.85 bits per heavy atom. The Hall–Kier alpha value is -1.77. The van der Waals surface area contributed by atoms with Crippen LogP contribution in [0.3, 0.4) is 0 Å². The van der Waals surface area contributed by atoms with Crippen LogP contribution in [0.1, 0.15) is 39.7 Å². The van der Waals surface area contributed by atoms with Gasteiger partial charge in [-0.3, -0.25) is 0 Å². The van der Waals surface area contributed by atoms with Crippen molar-refractivity contribution in [2.75, 3.05) is 13.7 Å². The summed E-state index contributed by atoms with van der Waals surface area (Å²) in [7, 11) is 1.37. The van der Waals surface area contributed by atoms with E-state index in [0.717, 1.165) is 12.2 Å². The van der Waals surface area contributed by atoms with Crippen LogP contribution in [0.4, 0.5) is 0 Å². The van der Waals surface area contributed by atoms with Crippen molar-refractivity contribution in [3.05, 3.63) is 41.5 Å². The van der Waals surface area contributed by atoms with Crippen LogP contribution in [-0.2, 0) is 14.9 Å². The van der Waals surface area contributed by atoms with Crippen LogP contribution in [0.25, 0.3) is 0 Å². The van der Waals surface area contributed by atoms with E-state index in [9.17, 15) is 4.79 Å². The molecule has 0 aromatic heterocycles. The first kappa shape index (κ1) is 16.3. The molecule has 0 aliphatic rings. The van der Waals surface area contributed by atoms with Crippen molar-refractivity contribution < 1.29 is 14.3 Å². The van der Waals surface area contributed by atoms with Gasteiger partial charge in [-0.05, 0) is 42.5 Å². The summed E-state index contributed by atoms with van der Waals surface area (Å²) in [5, 5.41) is 0. The number of hydrogen-bond donors (Lipinski definition) is 0. The number of carbonyl (C=O) groups excluding carboxylic acids is 1. The summed E-state index contributed by atoms with van der Waals surface area (Å²) in [5.41, 5.74) is 2.03. The number of carbonyl (C=O) groups is 1. The van der Waals surface area contributed by atoms with Crippen LogP contribution in [-0.4, -0.2) is 19.7 Å². The molecule has 110 valence electrons. The van der Waals surface area contributed by atoms with E-state index >= 15 is 0 Å². The van der Waals surface area contributed by atoms with E-state index in [2.05, 4.69) is 37.6 Å². The summed E-state index contributed by atoms with van der Waals surface area (Å²) in [6.45, 7) is 8.71. The lowest BCUT2D eigenvalue weighted by atomic mass is 9.82. The van der Waals surface area contributed by atoms with Gasteiger partial charge in [0.05, 0.1) is 7.11 Å². The van der Waals surface area contributed by atoms with Crippen LogP contribution < -0.4 is 4.74 Å². The molecule has 0 N–H and O–H groups in total. The maximum absolute atomic E-state index is 11.2. The minimum absolute atomic E-state index is 0.180. The number of hydrogen-bond acceptors (Lipinski definition) is 3. The molecule has 3 nitrogen and oxygen atoms in total. The topological polar surface area (TPSA) is 35.5 Å². The van der Waals surface area contributed by atoms with E-state index < -0.39 is 0 Å². The first-order valence-electron chi connectivity index (χ1n) is 6.89. The van der Waals surface area contributed by atoms with E-state index in [1.807, 2.05) is 12.1 Å². The van der Waals surface area contributed by atoms with Gasteiger partial charge in [-0.15, -0.1) is 0 Å². The maximum atomic E-state index is 11.2. The second-order valence-electron chi connectivity index (χ2n) is 5.45. The highest BCUT2D eigenvalue weighted by Gasteiger charge is 2.17. The van der Waals surface area contributed by atoms with Crippen molar-refractivity contribution in [1.29, 1.82) is 0 Å². The minimum atomic E-state index is -0.325. The standard InChI is InChI=1S/C17H24O3/c1-6-17(3,4)14-7-9-15(10-8-14)20-12-11-13(2)16(18)19-5/h7-11H,6,12H2,1-5H3. The molecule has 0 bridgehead atoms. The molecule has 0 unspecified atom stereocenters. The third kappa shape index (κ3) is 4.41. The van der Waals surface area contributed by atoms with E-state index in [1.54, 1.807) is 13.0 Å². The molecule has 3 heteroatoms. The zero-order valence-electron chi connectivity index (χ0n) is 13.0. The summed E-state index contributed by atoms with van der Waals surface area (Å²) in [6.07, 6.45) is 2.81. The first-order chi connectivity index (χ1) is 9.40. The summed E-state index contributed by atoms with van der Waals surface area (Å²) in [6, 6.07) is 8.12. The number of ether oxygens (including phenoxy) is 2. The normalized spacial score (nSPS) is 12.2.